The number of benzene rings is 1. The Morgan fingerprint density at radius 2 is 2.12 bits per heavy atom. The van der Waals surface area contributed by atoms with Crippen LogP contribution in [0.4, 0.5) is 15.8 Å². The van der Waals surface area contributed by atoms with E-state index in [1.165, 1.54) is 6.07 Å². The highest BCUT2D eigenvalue weighted by Crippen LogP contribution is 2.36. The van der Waals surface area contributed by atoms with E-state index >= 15 is 0 Å². The lowest BCUT2D eigenvalue weighted by Gasteiger charge is -2.13. The quantitative estimate of drug-likeness (QED) is 0.339. The Balaban J connectivity index is 2.17. The first-order valence-corrected chi connectivity index (χ1v) is 8.41. The Hall–Kier alpha value is -2.36. The van der Waals surface area contributed by atoms with Crippen molar-refractivity contribution in [3.63, 3.8) is 0 Å². The monoisotopic (exact) mass is 327 g/mol. The van der Waals surface area contributed by atoms with Gasteiger partial charge in [-0.3, -0.25) is 0 Å². The van der Waals surface area contributed by atoms with Crippen molar-refractivity contribution in [1.82, 2.24) is 0 Å². The van der Waals surface area contributed by atoms with Gasteiger partial charge in [0.25, 0.3) is 0 Å². The van der Waals surface area contributed by atoms with Crippen LogP contribution in [0, 0.1) is 17.1 Å². The van der Waals surface area contributed by atoms with Gasteiger partial charge in [0.1, 0.15) is 5.82 Å². The van der Waals surface area contributed by atoms with Crippen molar-refractivity contribution in [3.05, 3.63) is 59.6 Å². The fourth-order valence-electron chi connectivity index (χ4n) is 2.37. The molecule has 1 fully saturated rings. The average Bonchev–Trinajstić information content (AvgIpc) is 3.38. The van der Waals surface area contributed by atoms with Gasteiger partial charge in [0, 0.05) is 16.9 Å². The molecule has 0 amide bonds. The van der Waals surface area contributed by atoms with Gasteiger partial charge in [-0.25, -0.2) is 4.39 Å². The van der Waals surface area contributed by atoms with Gasteiger partial charge in [-0.05, 0) is 50.3 Å². The van der Waals surface area contributed by atoms with E-state index in [0.29, 0.717) is 17.2 Å². The SMILES string of the molecule is C=C(Nc1cc(C(=N)/C=C/C(C)=C/CCC)c(N)cc1F)C1CC1. The normalized spacial score (nSPS) is 14.9. The number of nitrogens with two attached hydrogens (primary N) is 1. The number of hydrogen-bond donors (Lipinski definition) is 3. The average molecular weight is 327 g/mol. The van der Waals surface area contributed by atoms with Gasteiger partial charge in [0.2, 0.25) is 0 Å². The molecule has 0 heterocycles. The second kappa shape index (κ2) is 7.95. The molecule has 4 heteroatoms. The molecule has 0 saturated heterocycles. The molecule has 0 atom stereocenters. The zero-order valence-electron chi connectivity index (χ0n) is 14.5. The van der Waals surface area contributed by atoms with Crippen LogP contribution < -0.4 is 11.1 Å². The number of nitrogen functional groups attached to an aromatic ring is 1. The van der Waals surface area contributed by atoms with Crippen molar-refractivity contribution < 1.29 is 4.39 Å². The van der Waals surface area contributed by atoms with E-state index in [1.807, 2.05) is 13.0 Å². The van der Waals surface area contributed by atoms with Crippen molar-refractivity contribution in [2.24, 2.45) is 5.92 Å². The molecule has 0 radical (unpaired) electrons. The minimum atomic E-state index is -0.422. The van der Waals surface area contributed by atoms with Crippen LogP contribution in [0.5, 0.6) is 0 Å². The summed E-state index contributed by atoms with van der Waals surface area (Å²) in [5, 5.41) is 11.3. The van der Waals surface area contributed by atoms with Crippen LogP contribution in [0.15, 0.2) is 48.2 Å². The van der Waals surface area contributed by atoms with Crippen LogP contribution in [0.3, 0.4) is 0 Å². The molecule has 0 unspecified atom stereocenters. The number of halogens is 1. The molecule has 1 aromatic carbocycles. The zero-order valence-corrected chi connectivity index (χ0v) is 14.5. The largest absolute Gasteiger partial charge is 0.398 e. The van der Waals surface area contributed by atoms with Crippen molar-refractivity contribution in [2.45, 2.75) is 39.5 Å². The van der Waals surface area contributed by atoms with Crippen molar-refractivity contribution in [1.29, 1.82) is 5.41 Å². The van der Waals surface area contributed by atoms with Gasteiger partial charge in [-0.1, -0.05) is 37.6 Å². The summed E-state index contributed by atoms with van der Waals surface area (Å²) in [5.74, 6) is 0.00459. The number of unbranched alkanes of at least 4 members (excludes halogenated alkanes) is 1. The Morgan fingerprint density at radius 1 is 1.42 bits per heavy atom. The second-order valence-electron chi connectivity index (χ2n) is 6.33. The third-order valence-corrected chi connectivity index (χ3v) is 4.06. The summed E-state index contributed by atoms with van der Waals surface area (Å²) >= 11 is 0. The van der Waals surface area contributed by atoms with Crippen LogP contribution in [0.25, 0.3) is 0 Å². The first-order chi connectivity index (χ1) is 11.4. The summed E-state index contributed by atoms with van der Waals surface area (Å²) in [4.78, 5) is 0. The fraction of sp³-hybridized carbons (Fsp3) is 0.350. The Kier molecular flexibility index (Phi) is 5.96. The van der Waals surface area contributed by atoms with Gasteiger partial charge in [-0.2, -0.15) is 0 Å². The fourth-order valence-corrected chi connectivity index (χ4v) is 2.37. The molecule has 0 aliphatic heterocycles. The van der Waals surface area contributed by atoms with Crippen LogP contribution >= 0.6 is 0 Å². The first kappa shape index (κ1) is 18.0. The molecule has 1 aromatic rings. The molecule has 3 nitrogen and oxygen atoms in total. The lowest BCUT2D eigenvalue weighted by Crippen LogP contribution is -2.07. The van der Waals surface area contributed by atoms with Gasteiger partial charge in [-0.15, -0.1) is 0 Å². The molecule has 0 bridgehead atoms. The molecular weight excluding hydrogens is 301 g/mol. The molecule has 0 aromatic heterocycles. The molecular formula is C20H26FN3. The maximum Gasteiger partial charge on any atom is 0.148 e. The number of rotatable bonds is 8. The van der Waals surface area contributed by atoms with Crippen molar-refractivity contribution in [2.75, 3.05) is 11.1 Å². The van der Waals surface area contributed by atoms with E-state index in [4.69, 9.17) is 11.1 Å². The summed E-state index contributed by atoms with van der Waals surface area (Å²) in [6.07, 6.45) is 10.0. The van der Waals surface area contributed by atoms with Crippen LogP contribution in [0.2, 0.25) is 0 Å². The minimum Gasteiger partial charge on any atom is -0.398 e. The molecule has 128 valence electrons. The first-order valence-electron chi connectivity index (χ1n) is 8.41. The molecule has 1 aliphatic carbocycles. The standard InChI is InChI=1S/C20H26FN3/c1-4-5-6-13(2)7-10-18(22)16-11-20(17(21)12-19(16)23)24-14(3)15-8-9-15/h6-7,10-12,15,22,24H,3-5,8-9,23H2,1-2H3/b10-7+,13-6+,22-18?. The zero-order chi connectivity index (χ0) is 17.7. The summed E-state index contributed by atoms with van der Waals surface area (Å²) in [6.45, 7) is 8.08. The minimum absolute atomic E-state index is 0.261. The molecule has 4 N–H and O–H groups in total. The van der Waals surface area contributed by atoms with E-state index < -0.39 is 5.82 Å². The molecule has 2 rings (SSSR count). The number of nitrogens with one attached hydrogen (secondary N) is 2. The molecule has 1 aliphatic rings. The summed E-state index contributed by atoms with van der Waals surface area (Å²) in [7, 11) is 0. The van der Waals surface area contributed by atoms with Crippen LogP contribution in [0.1, 0.15) is 45.1 Å². The maximum atomic E-state index is 14.1. The molecule has 0 spiro atoms. The maximum absolute atomic E-state index is 14.1. The predicted octanol–water partition coefficient (Wildman–Crippen LogP) is 5.41. The highest BCUT2D eigenvalue weighted by Gasteiger charge is 2.25. The van der Waals surface area contributed by atoms with E-state index in [9.17, 15) is 4.39 Å². The number of anilines is 2. The van der Waals surface area contributed by atoms with Crippen molar-refractivity contribution >= 4 is 17.1 Å². The molecule has 1 saturated carbocycles. The lowest BCUT2D eigenvalue weighted by molar-refractivity contribution is 0.631. The van der Waals surface area contributed by atoms with Crippen molar-refractivity contribution in [3.8, 4) is 0 Å². The van der Waals surface area contributed by atoms with E-state index in [2.05, 4.69) is 24.9 Å². The Labute approximate surface area is 143 Å². The lowest BCUT2D eigenvalue weighted by atomic mass is 10.0. The number of allylic oxidation sites excluding steroid dienone is 5. The van der Waals surface area contributed by atoms with Crippen LogP contribution in [-0.4, -0.2) is 5.71 Å². The summed E-state index contributed by atoms with van der Waals surface area (Å²) < 4.78 is 14.1. The van der Waals surface area contributed by atoms with Gasteiger partial charge < -0.3 is 16.5 Å². The van der Waals surface area contributed by atoms with E-state index in [1.54, 1.807) is 12.1 Å². The highest BCUT2D eigenvalue weighted by molar-refractivity contribution is 6.10. The van der Waals surface area contributed by atoms with Gasteiger partial charge in [0.15, 0.2) is 0 Å². The van der Waals surface area contributed by atoms with Crippen LogP contribution in [-0.2, 0) is 0 Å². The summed E-state index contributed by atoms with van der Waals surface area (Å²) in [5.41, 5.74) is 9.19. The summed E-state index contributed by atoms with van der Waals surface area (Å²) in [6, 6.07) is 2.86. The molecule has 24 heavy (non-hydrogen) atoms. The number of hydrogen-bond acceptors (Lipinski definition) is 3. The highest BCUT2D eigenvalue weighted by atomic mass is 19.1. The van der Waals surface area contributed by atoms with E-state index in [-0.39, 0.29) is 11.4 Å². The Morgan fingerprint density at radius 3 is 2.75 bits per heavy atom. The van der Waals surface area contributed by atoms with E-state index in [0.717, 1.165) is 37.0 Å². The van der Waals surface area contributed by atoms with Gasteiger partial charge in [0.05, 0.1) is 11.4 Å². The Bertz CT molecular complexity index is 697. The second-order valence-corrected chi connectivity index (χ2v) is 6.33. The third kappa shape index (κ3) is 4.82. The topological polar surface area (TPSA) is 61.9 Å². The third-order valence-electron chi connectivity index (χ3n) is 4.06. The smallest absolute Gasteiger partial charge is 0.148 e. The van der Waals surface area contributed by atoms with Gasteiger partial charge >= 0.3 is 0 Å². The predicted molar refractivity (Wildman–Crippen MR) is 101 cm³/mol.